The Labute approximate surface area is 109 Å². The molecule has 0 saturated heterocycles. The van der Waals surface area contributed by atoms with Gasteiger partial charge in [0.2, 0.25) is 5.78 Å². The van der Waals surface area contributed by atoms with E-state index < -0.39 is 11.7 Å². The van der Waals surface area contributed by atoms with E-state index in [9.17, 15) is 9.59 Å². The summed E-state index contributed by atoms with van der Waals surface area (Å²) in [6, 6.07) is 8.33. The number of amides is 1. The van der Waals surface area contributed by atoms with E-state index in [4.69, 9.17) is 0 Å². The fourth-order valence-electron chi connectivity index (χ4n) is 0.801. The van der Waals surface area contributed by atoms with E-state index >= 15 is 0 Å². The van der Waals surface area contributed by atoms with Gasteiger partial charge in [0.15, 0.2) is 0 Å². The topological polar surface area (TPSA) is 46.2 Å². The summed E-state index contributed by atoms with van der Waals surface area (Å²) in [5.41, 5.74) is 0.374. The van der Waals surface area contributed by atoms with Crippen molar-refractivity contribution in [2.45, 2.75) is 0 Å². The molecule has 1 amide bonds. The molecule has 3 nitrogen and oxygen atoms in total. The second kappa shape index (κ2) is 7.83. The fraction of sp³-hybridized carbons (Fsp3) is 0. The maximum atomic E-state index is 11.1. The third kappa shape index (κ3) is 4.12. The van der Waals surface area contributed by atoms with Gasteiger partial charge in [0.25, 0.3) is 5.91 Å². The standard InChI is InChI=1S/C9H8NO2.CH3.Y/c1-10-9(12)8(11)7-5-3-2-4-6-7;;/h2-6H,1H2,(H,10,12);1H3;/q2*-1;+3. The summed E-state index contributed by atoms with van der Waals surface area (Å²) in [7, 11) is 3.11. The summed E-state index contributed by atoms with van der Waals surface area (Å²) in [6.45, 7) is 0. The molecule has 0 saturated carbocycles. The number of carbonyl (C=O) groups excluding carboxylic acids is 2. The Morgan fingerprint density at radius 1 is 1.14 bits per heavy atom. The predicted molar refractivity (Wildman–Crippen MR) is 50.7 cm³/mol. The van der Waals surface area contributed by atoms with Crippen molar-refractivity contribution in [3.63, 3.8) is 0 Å². The van der Waals surface area contributed by atoms with E-state index in [0.29, 0.717) is 5.56 Å². The first kappa shape index (κ1) is 15.9. The number of rotatable bonds is 2. The summed E-state index contributed by atoms with van der Waals surface area (Å²) in [5, 5.41) is 2.02. The number of nitrogens with one attached hydrogen (secondary N) is 1. The van der Waals surface area contributed by atoms with E-state index in [0.717, 1.165) is 0 Å². The molecular formula is C10H11NO2Y+. The van der Waals surface area contributed by atoms with Crippen molar-refractivity contribution in [2.75, 3.05) is 0 Å². The molecule has 0 aliphatic heterocycles. The van der Waals surface area contributed by atoms with E-state index in [1.165, 1.54) is 0 Å². The number of hydrogen-bond donors (Lipinski definition) is 1. The predicted octanol–water partition coefficient (Wildman–Crippen LogP) is 1.22. The molecular weight excluding hydrogens is 255 g/mol. The van der Waals surface area contributed by atoms with Crippen LogP contribution >= 0.6 is 0 Å². The average molecular weight is 266 g/mol. The van der Waals surface area contributed by atoms with Gasteiger partial charge in [-0.05, 0) is 0 Å². The molecule has 1 aromatic rings. The Bertz CT molecular complexity index is 298. The molecule has 1 aromatic carbocycles. The van der Waals surface area contributed by atoms with Crippen LogP contribution in [0, 0.1) is 14.5 Å². The summed E-state index contributed by atoms with van der Waals surface area (Å²) in [5.74, 6) is -1.26. The number of ketones is 1. The van der Waals surface area contributed by atoms with E-state index in [1.54, 1.807) is 30.3 Å². The van der Waals surface area contributed by atoms with Gasteiger partial charge >= 0.3 is 32.7 Å². The van der Waals surface area contributed by atoms with Crippen molar-refractivity contribution < 1.29 is 42.3 Å². The molecule has 1 rings (SSSR count). The van der Waals surface area contributed by atoms with Crippen LogP contribution < -0.4 is 5.32 Å². The number of hydrogen-bond acceptors (Lipinski definition) is 2. The molecule has 0 unspecified atom stereocenters. The number of carbonyl (C=O) groups is 2. The van der Waals surface area contributed by atoms with E-state index in [-0.39, 0.29) is 40.1 Å². The molecule has 0 fully saturated rings. The van der Waals surface area contributed by atoms with Crippen LogP contribution in [0.4, 0.5) is 0 Å². The monoisotopic (exact) mass is 266 g/mol. The van der Waals surface area contributed by atoms with Crippen molar-refractivity contribution in [1.29, 1.82) is 0 Å². The molecule has 1 N–H and O–H groups in total. The Morgan fingerprint density at radius 2 is 1.64 bits per heavy atom. The van der Waals surface area contributed by atoms with Gasteiger partial charge in [0.05, 0.1) is 0 Å². The minimum atomic E-state index is -0.693. The van der Waals surface area contributed by atoms with Crippen molar-refractivity contribution in [3.05, 3.63) is 50.4 Å². The number of benzene rings is 1. The van der Waals surface area contributed by atoms with Gasteiger partial charge in [0.1, 0.15) is 0 Å². The first-order chi connectivity index (χ1) is 5.75. The van der Waals surface area contributed by atoms with Crippen LogP contribution in [-0.4, -0.2) is 11.7 Å². The largest absolute Gasteiger partial charge is 3.00 e. The minimum Gasteiger partial charge on any atom is -0.501 e. The van der Waals surface area contributed by atoms with Crippen molar-refractivity contribution >= 4 is 11.7 Å². The van der Waals surface area contributed by atoms with Gasteiger partial charge in [-0.25, -0.2) is 0 Å². The van der Waals surface area contributed by atoms with Crippen LogP contribution in [0.25, 0.3) is 0 Å². The SMILES string of the molecule is [CH2-]NC(=O)C(=O)c1ccccc1.[CH3-].[Y+3]. The van der Waals surface area contributed by atoms with Crippen LogP contribution in [-0.2, 0) is 37.5 Å². The molecule has 4 heteroatoms. The second-order valence-electron chi connectivity index (χ2n) is 2.20. The van der Waals surface area contributed by atoms with E-state index in [2.05, 4.69) is 7.05 Å². The van der Waals surface area contributed by atoms with Gasteiger partial charge in [-0.15, -0.1) is 0 Å². The summed E-state index contributed by atoms with van der Waals surface area (Å²) >= 11 is 0. The van der Waals surface area contributed by atoms with Crippen molar-refractivity contribution in [2.24, 2.45) is 0 Å². The smallest absolute Gasteiger partial charge is 0.501 e. The Morgan fingerprint density at radius 3 is 2.07 bits per heavy atom. The summed E-state index contributed by atoms with van der Waals surface area (Å²) in [4.78, 5) is 21.9. The zero-order chi connectivity index (χ0) is 8.97. The van der Waals surface area contributed by atoms with Crippen LogP contribution in [0.2, 0.25) is 0 Å². The molecule has 0 atom stereocenters. The van der Waals surface area contributed by atoms with Crippen molar-refractivity contribution in [1.82, 2.24) is 5.32 Å². The van der Waals surface area contributed by atoms with E-state index in [1.807, 2.05) is 5.32 Å². The average Bonchev–Trinajstić information content (AvgIpc) is 2.17. The van der Waals surface area contributed by atoms with Crippen LogP contribution in [0.5, 0.6) is 0 Å². The van der Waals surface area contributed by atoms with Crippen LogP contribution in [0.3, 0.4) is 0 Å². The molecule has 0 heterocycles. The van der Waals surface area contributed by atoms with Gasteiger partial charge in [-0.2, -0.15) is 0 Å². The molecule has 0 spiro atoms. The maximum Gasteiger partial charge on any atom is 3.00 e. The molecule has 0 bridgehead atoms. The zero-order valence-electron chi connectivity index (χ0n) is 7.99. The quantitative estimate of drug-likeness (QED) is 0.497. The molecule has 14 heavy (non-hydrogen) atoms. The molecule has 0 radical (unpaired) electrons. The molecule has 0 aliphatic carbocycles. The second-order valence-corrected chi connectivity index (χ2v) is 2.20. The van der Waals surface area contributed by atoms with Crippen LogP contribution in [0.15, 0.2) is 30.3 Å². The molecule has 70 valence electrons. The Balaban J connectivity index is 0. The number of Topliss-reactive ketones (excluding diaryl/α,β-unsaturated/α-hetero) is 1. The Kier molecular flexibility index (Phi) is 8.90. The van der Waals surface area contributed by atoms with Gasteiger partial charge in [-0.3, -0.25) is 16.6 Å². The third-order valence-electron chi connectivity index (χ3n) is 1.40. The van der Waals surface area contributed by atoms with Gasteiger partial charge in [-0.1, -0.05) is 30.3 Å². The Hall–Kier alpha value is -0.536. The van der Waals surface area contributed by atoms with Crippen molar-refractivity contribution in [3.8, 4) is 0 Å². The first-order valence-corrected chi connectivity index (χ1v) is 3.42. The maximum absolute atomic E-state index is 11.1. The normalized spacial score (nSPS) is 7.79. The molecule has 0 aromatic heterocycles. The first-order valence-electron chi connectivity index (χ1n) is 3.42. The van der Waals surface area contributed by atoms with Gasteiger partial charge < -0.3 is 12.7 Å². The summed E-state index contributed by atoms with van der Waals surface area (Å²) in [6.07, 6.45) is 0. The van der Waals surface area contributed by atoms with Gasteiger partial charge in [0, 0.05) is 5.56 Å². The fourth-order valence-corrected chi connectivity index (χ4v) is 0.801. The zero-order valence-corrected chi connectivity index (χ0v) is 10.8. The van der Waals surface area contributed by atoms with Crippen LogP contribution in [0.1, 0.15) is 10.4 Å². The summed E-state index contributed by atoms with van der Waals surface area (Å²) < 4.78 is 0. The minimum absolute atomic E-state index is 0. The third-order valence-corrected chi connectivity index (χ3v) is 1.40. The molecule has 0 aliphatic rings.